The zero-order chi connectivity index (χ0) is 27.7. The van der Waals surface area contributed by atoms with E-state index in [1.807, 2.05) is 18.2 Å². The van der Waals surface area contributed by atoms with Crippen LogP contribution in [0.5, 0.6) is 11.5 Å². The zero-order valence-corrected chi connectivity index (χ0v) is 23.7. The monoisotopic (exact) mass is 547 g/mol. The summed E-state index contributed by atoms with van der Waals surface area (Å²) in [5.41, 5.74) is 3.29. The van der Waals surface area contributed by atoms with E-state index in [1.165, 1.54) is 29.9 Å². The van der Waals surface area contributed by atoms with E-state index in [0.29, 0.717) is 37.7 Å². The number of esters is 1. The summed E-state index contributed by atoms with van der Waals surface area (Å²) in [5, 5.41) is 0. The summed E-state index contributed by atoms with van der Waals surface area (Å²) in [6, 6.07) is 12.8. The molecule has 204 valence electrons. The highest BCUT2D eigenvalue weighted by atomic mass is 32.1. The minimum atomic E-state index is -0.794. The molecule has 0 spiro atoms. The lowest BCUT2D eigenvalue weighted by molar-refractivity contribution is -0.143. The molecule has 3 heterocycles. The van der Waals surface area contributed by atoms with Crippen molar-refractivity contribution in [3.8, 4) is 11.5 Å². The van der Waals surface area contributed by atoms with Crippen LogP contribution in [0.4, 0.5) is 5.69 Å². The Bertz CT molecular complexity index is 1590. The lowest BCUT2D eigenvalue weighted by Crippen LogP contribution is -2.40. The number of carbonyl (C=O) groups excluding carboxylic acids is 1. The van der Waals surface area contributed by atoms with Gasteiger partial charge in [0.15, 0.2) is 4.80 Å². The van der Waals surface area contributed by atoms with Crippen molar-refractivity contribution < 1.29 is 19.0 Å². The fourth-order valence-electron chi connectivity index (χ4n) is 5.12. The molecule has 9 heteroatoms. The van der Waals surface area contributed by atoms with Crippen LogP contribution < -0.4 is 29.3 Å². The van der Waals surface area contributed by atoms with Gasteiger partial charge in [0.05, 0.1) is 36.1 Å². The number of rotatable bonds is 7. The number of carbonyl (C=O) groups is 1. The SMILES string of the molecule is COc1ccc(OC)c([C@@H]2C(C(=O)OC(C)C)=C(C)N=c3s/c(=C\c4ccc(N5CCCC5)cc4)c(=O)n32)c1. The summed E-state index contributed by atoms with van der Waals surface area (Å²) < 4.78 is 18.8. The van der Waals surface area contributed by atoms with Gasteiger partial charge in [0.2, 0.25) is 0 Å². The molecular weight excluding hydrogens is 514 g/mol. The third kappa shape index (κ3) is 5.23. The first-order valence-corrected chi connectivity index (χ1v) is 13.9. The topological polar surface area (TPSA) is 82.4 Å². The highest BCUT2D eigenvalue weighted by molar-refractivity contribution is 7.07. The van der Waals surface area contributed by atoms with Crippen molar-refractivity contribution in [1.82, 2.24) is 4.57 Å². The molecule has 0 amide bonds. The molecule has 0 unspecified atom stereocenters. The van der Waals surface area contributed by atoms with Crippen molar-refractivity contribution in [3.63, 3.8) is 0 Å². The first-order valence-electron chi connectivity index (χ1n) is 13.1. The van der Waals surface area contributed by atoms with E-state index in [9.17, 15) is 9.59 Å². The van der Waals surface area contributed by atoms with Gasteiger partial charge in [-0.05, 0) is 75.6 Å². The zero-order valence-electron chi connectivity index (χ0n) is 22.9. The maximum atomic E-state index is 14.0. The predicted octanol–water partition coefficient (Wildman–Crippen LogP) is 3.80. The molecule has 2 aliphatic heterocycles. The lowest BCUT2D eigenvalue weighted by atomic mass is 9.94. The number of hydrogen-bond acceptors (Lipinski definition) is 8. The van der Waals surface area contributed by atoms with Gasteiger partial charge < -0.3 is 19.1 Å². The Morgan fingerprint density at radius 2 is 1.79 bits per heavy atom. The Balaban J connectivity index is 1.66. The quantitative estimate of drug-likeness (QED) is 0.419. The van der Waals surface area contributed by atoms with Crippen molar-refractivity contribution in [3.05, 3.63) is 84.5 Å². The van der Waals surface area contributed by atoms with Crippen LogP contribution >= 0.6 is 11.3 Å². The molecule has 1 atom stereocenters. The van der Waals surface area contributed by atoms with Crippen LogP contribution in [-0.4, -0.2) is 43.9 Å². The molecule has 1 fully saturated rings. The molecule has 2 aromatic carbocycles. The number of allylic oxidation sites excluding steroid dienone is 1. The van der Waals surface area contributed by atoms with Gasteiger partial charge in [0.1, 0.15) is 17.5 Å². The van der Waals surface area contributed by atoms with E-state index >= 15 is 0 Å². The molecule has 1 saturated heterocycles. The molecule has 0 bridgehead atoms. The molecule has 0 aliphatic carbocycles. The second-order valence-electron chi connectivity index (χ2n) is 9.93. The molecule has 0 radical (unpaired) electrons. The summed E-state index contributed by atoms with van der Waals surface area (Å²) in [5.74, 6) is 0.586. The summed E-state index contributed by atoms with van der Waals surface area (Å²) in [4.78, 5) is 34.9. The highest BCUT2D eigenvalue weighted by Crippen LogP contribution is 2.38. The molecule has 39 heavy (non-hydrogen) atoms. The Hall–Kier alpha value is -3.85. The van der Waals surface area contributed by atoms with Crippen LogP contribution in [0.2, 0.25) is 0 Å². The summed E-state index contributed by atoms with van der Waals surface area (Å²) in [6.45, 7) is 7.50. The van der Waals surface area contributed by atoms with Gasteiger partial charge in [-0.3, -0.25) is 9.36 Å². The number of ether oxygens (including phenoxy) is 3. The van der Waals surface area contributed by atoms with E-state index in [2.05, 4.69) is 22.0 Å². The number of fused-ring (bicyclic) bond motifs is 1. The van der Waals surface area contributed by atoms with Gasteiger partial charge in [-0.2, -0.15) is 0 Å². The Morgan fingerprint density at radius 1 is 1.08 bits per heavy atom. The molecule has 2 aliphatic rings. The van der Waals surface area contributed by atoms with Gasteiger partial charge in [0, 0.05) is 24.3 Å². The fraction of sp³-hybridized carbons (Fsp3) is 0.367. The minimum absolute atomic E-state index is 0.236. The number of aromatic nitrogens is 1. The van der Waals surface area contributed by atoms with E-state index in [0.717, 1.165) is 18.7 Å². The van der Waals surface area contributed by atoms with Gasteiger partial charge in [-0.1, -0.05) is 23.5 Å². The number of nitrogens with zero attached hydrogens (tertiary/aromatic N) is 3. The van der Waals surface area contributed by atoms with Crippen molar-refractivity contribution in [1.29, 1.82) is 0 Å². The van der Waals surface area contributed by atoms with Crippen LogP contribution in [0.3, 0.4) is 0 Å². The Labute approximate surface area is 231 Å². The first kappa shape index (κ1) is 26.7. The maximum Gasteiger partial charge on any atom is 0.338 e. The highest BCUT2D eigenvalue weighted by Gasteiger charge is 2.35. The molecule has 1 aromatic heterocycles. The van der Waals surface area contributed by atoms with Crippen LogP contribution in [0, 0.1) is 0 Å². The standard InChI is InChI=1S/C30H33N3O5S/c1-18(2)38-29(35)26-19(3)31-30-33(27(26)23-17-22(36-4)12-13-24(23)37-5)28(34)25(39-30)16-20-8-10-21(11-9-20)32-14-6-7-15-32/h8-13,16-18,27H,6-7,14-15H2,1-5H3/b25-16-/t27-/m1/s1. The largest absolute Gasteiger partial charge is 0.497 e. The molecule has 3 aromatic rings. The third-order valence-electron chi connectivity index (χ3n) is 6.98. The van der Waals surface area contributed by atoms with Gasteiger partial charge in [0.25, 0.3) is 5.56 Å². The lowest BCUT2D eigenvalue weighted by Gasteiger charge is -2.26. The number of hydrogen-bond donors (Lipinski definition) is 0. The first-order chi connectivity index (χ1) is 18.8. The van der Waals surface area contributed by atoms with Gasteiger partial charge in [-0.25, -0.2) is 9.79 Å². The second kappa shape index (κ2) is 11.1. The number of methoxy groups -OCH3 is 2. The van der Waals surface area contributed by atoms with E-state index in [-0.39, 0.29) is 11.7 Å². The minimum Gasteiger partial charge on any atom is -0.497 e. The summed E-state index contributed by atoms with van der Waals surface area (Å²) in [6.07, 6.45) is 3.98. The van der Waals surface area contributed by atoms with Crippen LogP contribution in [0.15, 0.2) is 63.5 Å². The van der Waals surface area contributed by atoms with E-state index in [1.54, 1.807) is 57.8 Å². The second-order valence-corrected chi connectivity index (χ2v) is 10.9. The van der Waals surface area contributed by atoms with Crippen LogP contribution in [0.25, 0.3) is 6.08 Å². The van der Waals surface area contributed by atoms with Crippen molar-refractivity contribution in [2.45, 2.75) is 45.8 Å². The molecule has 5 rings (SSSR count). The summed E-state index contributed by atoms with van der Waals surface area (Å²) >= 11 is 1.30. The number of benzene rings is 2. The van der Waals surface area contributed by atoms with Crippen molar-refractivity contribution in [2.24, 2.45) is 4.99 Å². The average Bonchev–Trinajstić information content (AvgIpc) is 3.56. The smallest absolute Gasteiger partial charge is 0.338 e. The van der Waals surface area contributed by atoms with E-state index in [4.69, 9.17) is 14.2 Å². The number of anilines is 1. The van der Waals surface area contributed by atoms with Crippen LogP contribution in [0.1, 0.15) is 50.8 Å². The predicted molar refractivity (Wildman–Crippen MR) is 152 cm³/mol. The molecule has 0 saturated carbocycles. The maximum absolute atomic E-state index is 14.0. The Kier molecular flexibility index (Phi) is 7.61. The summed E-state index contributed by atoms with van der Waals surface area (Å²) in [7, 11) is 3.13. The van der Waals surface area contributed by atoms with Crippen molar-refractivity contribution in [2.75, 3.05) is 32.2 Å². The average molecular weight is 548 g/mol. The van der Waals surface area contributed by atoms with Crippen molar-refractivity contribution >= 4 is 29.1 Å². The number of thiazole rings is 1. The van der Waals surface area contributed by atoms with Gasteiger partial charge >= 0.3 is 5.97 Å². The van der Waals surface area contributed by atoms with Crippen LogP contribution in [-0.2, 0) is 9.53 Å². The molecule has 8 nitrogen and oxygen atoms in total. The Morgan fingerprint density at radius 3 is 2.44 bits per heavy atom. The van der Waals surface area contributed by atoms with E-state index < -0.39 is 12.0 Å². The fourth-order valence-corrected chi connectivity index (χ4v) is 6.16. The third-order valence-corrected chi connectivity index (χ3v) is 7.96. The van der Waals surface area contributed by atoms with Gasteiger partial charge in [-0.15, -0.1) is 0 Å². The molecule has 0 N–H and O–H groups in total. The normalized spacial score (nSPS) is 17.3. The molecular formula is C30H33N3O5S.